The Hall–Kier alpha value is -1.65. The highest BCUT2D eigenvalue weighted by molar-refractivity contribution is 5.93. The fourth-order valence-electron chi connectivity index (χ4n) is 0.805. The van der Waals surface area contributed by atoms with Gasteiger partial charge in [-0.1, -0.05) is 0 Å². The summed E-state index contributed by atoms with van der Waals surface area (Å²) < 4.78 is 1.12. The molecule has 5 heteroatoms. The minimum atomic E-state index is -1.35. The van der Waals surface area contributed by atoms with Crippen molar-refractivity contribution in [2.45, 2.75) is 0 Å². The van der Waals surface area contributed by atoms with Gasteiger partial charge in [-0.05, 0) is 0 Å². The van der Waals surface area contributed by atoms with Gasteiger partial charge in [-0.25, -0.2) is 4.79 Å². The Kier molecular flexibility index (Phi) is 1.48. The SMILES string of the molecule is Cn1cc(O)c(C(=O)O)c1O. The molecular weight excluding hydrogens is 150 g/mol. The Morgan fingerprint density at radius 1 is 1.55 bits per heavy atom. The summed E-state index contributed by atoms with van der Waals surface area (Å²) in [6.07, 6.45) is 1.12. The number of hydrogen-bond acceptors (Lipinski definition) is 3. The number of carboxylic acid groups (broad SMARTS) is 1. The Bertz CT molecular complexity index is 302. The van der Waals surface area contributed by atoms with E-state index in [1.165, 1.54) is 7.05 Å². The van der Waals surface area contributed by atoms with Crippen LogP contribution in [0.3, 0.4) is 0 Å². The lowest BCUT2D eigenvalue weighted by Crippen LogP contribution is -1.95. The van der Waals surface area contributed by atoms with Crippen LogP contribution >= 0.6 is 0 Å². The van der Waals surface area contributed by atoms with Gasteiger partial charge in [0.2, 0.25) is 5.88 Å². The van der Waals surface area contributed by atoms with Crippen LogP contribution in [0, 0.1) is 0 Å². The van der Waals surface area contributed by atoms with Crippen LogP contribution in [-0.4, -0.2) is 25.9 Å². The molecule has 0 radical (unpaired) electrons. The number of nitrogens with zero attached hydrogens (tertiary/aromatic N) is 1. The topological polar surface area (TPSA) is 82.7 Å². The zero-order valence-electron chi connectivity index (χ0n) is 5.77. The molecule has 0 amide bonds. The molecule has 5 nitrogen and oxygen atoms in total. The van der Waals surface area contributed by atoms with Gasteiger partial charge in [0.25, 0.3) is 0 Å². The fourth-order valence-corrected chi connectivity index (χ4v) is 0.805. The first-order valence-electron chi connectivity index (χ1n) is 2.84. The molecule has 0 saturated heterocycles. The van der Waals surface area contributed by atoms with Gasteiger partial charge < -0.3 is 19.9 Å². The second-order valence-corrected chi connectivity index (χ2v) is 2.13. The summed E-state index contributed by atoms with van der Waals surface area (Å²) in [7, 11) is 1.43. The average molecular weight is 157 g/mol. The van der Waals surface area contributed by atoms with E-state index in [-0.39, 0.29) is 0 Å². The van der Waals surface area contributed by atoms with E-state index in [9.17, 15) is 4.79 Å². The number of aromatic carboxylic acids is 1. The van der Waals surface area contributed by atoms with Gasteiger partial charge in [0.05, 0.1) is 0 Å². The Balaban J connectivity index is 3.34. The standard InChI is InChI=1S/C6H7NO4/c1-7-2-3(8)4(5(7)9)6(10)11/h2,8-9H,1H3,(H,10,11). The molecule has 1 aromatic rings. The van der Waals surface area contributed by atoms with Gasteiger partial charge in [0.15, 0.2) is 11.3 Å². The fraction of sp³-hybridized carbons (Fsp3) is 0.167. The smallest absolute Gasteiger partial charge is 0.345 e. The lowest BCUT2D eigenvalue weighted by atomic mass is 10.3. The van der Waals surface area contributed by atoms with E-state index in [0.717, 1.165) is 10.8 Å². The van der Waals surface area contributed by atoms with Gasteiger partial charge in [0, 0.05) is 13.2 Å². The molecule has 0 aliphatic rings. The molecule has 0 aromatic carbocycles. The molecule has 0 aliphatic carbocycles. The lowest BCUT2D eigenvalue weighted by Gasteiger charge is -1.93. The normalized spacial score (nSPS) is 9.91. The van der Waals surface area contributed by atoms with Crippen LogP contribution in [0.4, 0.5) is 0 Å². The van der Waals surface area contributed by atoms with E-state index in [1.807, 2.05) is 0 Å². The number of carboxylic acids is 1. The largest absolute Gasteiger partial charge is 0.505 e. The van der Waals surface area contributed by atoms with E-state index in [0.29, 0.717) is 0 Å². The van der Waals surface area contributed by atoms with E-state index >= 15 is 0 Å². The van der Waals surface area contributed by atoms with Crippen LogP contribution in [-0.2, 0) is 7.05 Å². The highest BCUT2D eigenvalue weighted by Crippen LogP contribution is 2.27. The zero-order valence-corrected chi connectivity index (χ0v) is 5.77. The third-order valence-electron chi connectivity index (χ3n) is 1.34. The van der Waals surface area contributed by atoms with E-state index in [2.05, 4.69) is 0 Å². The first-order valence-corrected chi connectivity index (χ1v) is 2.84. The molecule has 1 heterocycles. The van der Waals surface area contributed by atoms with Crippen molar-refractivity contribution in [1.82, 2.24) is 4.57 Å². The van der Waals surface area contributed by atoms with Gasteiger partial charge in [-0.2, -0.15) is 0 Å². The predicted molar refractivity (Wildman–Crippen MR) is 35.7 cm³/mol. The maximum Gasteiger partial charge on any atom is 0.345 e. The number of aromatic hydroxyl groups is 2. The minimum Gasteiger partial charge on any atom is -0.505 e. The van der Waals surface area contributed by atoms with Crippen molar-refractivity contribution in [2.24, 2.45) is 7.05 Å². The Labute approximate surface area is 62.1 Å². The van der Waals surface area contributed by atoms with Crippen molar-refractivity contribution in [3.8, 4) is 11.6 Å². The van der Waals surface area contributed by atoms with Crippen molar-refractivity contribution in [2.75, 3.05) is 0 Å². The maximum absolute atomic E-state index is 10.3. The molecule has 0 aliphatic heterocycles. The molecule has 1 rings (SSSR count). The highest BCUT2D eigenvalue weighted by atomic mass is 16.4. The molecule has 0 atom stereocenters. The van der Waals surface area contributed by atoms with Crippen molar-refractivity contribution in [3.05, 3.63) is 11.8 Å². The zero-order chi connectivity index (χ0) is 8.59. The van der Waals surface area contributed by atoms with Crippen LogP contribution in [0.25, 0.3) is 0 Å². The van der Waals surface area contributed by atoms with Crippen molar-refractivity contribution < 1.29 is 20.1 Å². The van der Waals surface area contributed by atoms with Gasteiger partial charge in [-0.3, -0.25) is 0 Å². The Morgan fingerprint density at radius 2 is 2.09 bits per heavy atom. The number of aryl methyl sites for hydroxylation is 1. The van der Waals surface area contributed by atoms with E-state index < -0.39 is 23.2 Å². The van der Waals surface area contributed by atoms with Crippen molar-refractivity contribution in [1.29, 1.82) is 0 Å². The number of hydrogen-bond donors (Lipinski definition) is 3. The minimum absolute atomic E-state index is 0.433. The average Bonchev–Trinajstić information content (AvgIpc) is 2.07. The summed E-state index contributed by atoms with van der Waals surface area (Å²) in [6, 6.07) is 0. The second-order valence-electron chi connectivity index (χ2n) is 2.13. The van der Waals surface area contributed by atoms with Crippen LogP contribution in [0.1, 0.15) is 10.4 Å². The first kappa shape index (κ1) is 7.46. The molecule has 0 unspecified atom stereocenters. The summed E-state index contributed by atoms with van der Waals surface area (Å²) in [5.41, 5.74) is -0.465. The molecule has 0 saturated carbocycles. The first-order chi connectivity index (χ1) is 5.04. The van der Waals surface area contributed by atoms with Crippen LogP contribution < -0.4 is 0 Å². The summed E-state index contributed by atoms with van der Waals surface area (Å²) >= 11 is 0. The third kappa shape index (κ3) is 1.000. The molecule has 3 N–H and O–H groups in total. The predicted octanol–water partition coefficient (Wildman–Crippen LogP) is 0.134. The maximum atomic E-state index is 10.3. The Morgan fingerprint density at radius 3 is 2.27 bits per heavy atom. The lowest BCUT2D eigenvalue weighted by molar-refractivity contribution is 0.0690. The van der Waals surface area contributed by atoms with Gasteiger partial charge in [0.1, 0.15) is 0 Å². The molecule has 0 spiro atoms. The van der Waals surface area contributed by atoms with Crippen LogP contribution in [0.15, 0.2) is 6.20 Å². The summed E-state index contributed by atoms with van der Waals surface area (Å²) in [5.74, 6) is -2.23. The molecule has 1 aromatic heterocycles. The van der Waals surface area contributed by atoms with E-state index in [4.69, 9.17) is 15.3 Å². The van der Waals surface area contributed by atoms with Crippen LogP contribution in [0.2, 0.25) is 0 Å². The van der Waals surface area contributed by atoms with Crippen molar-refractivity contribution >= 4 is 5.97 Å². The molecule has 60 valence electrons. The highest BCUT2D eigenvalue weighted by Gasteiger charge is 2.18. The third-order valence-corrected chi connectivity index (χ3v) is 1.34. The molecule has 0 fully saturated rings. The van der Waals surface area contributed by atoms with Gasteiger partial charge >= 0.3 is 5.97 Å². The number of aromatic nitrogens is 1. The molecular formula is C6H7NO4. The molecule has 11 heavy (non-hydrogen) atoms. The van der Waals surface area contributed by atoms with Crippen LogP contribution in [0.5, 0.6) is 11.6 Å². The second kappa shape index (κ2) is 2.19. The molecule has 0 bridgehead atoms. The summed E-state index contributed by atoms with van der Waals surface area (Å²) in [6.45, 7) is 0. The number of rotatable bonds is 1. The number of carbonyl (C=O) groups is 1. The quantitative estimate of drug-likeness (QED) is 0.541. The monoisotopic (exact) mass is 157 g/mol. The van der Waals surface area contributed by atoms with E-state index in [1.54, 1.807) is 0 Å². The van der Waals surface area contributed by atoms with Crippen molar-refractivity contribution in [3.63, 3.8) is 0 Å². The summed E-state index contributed by atoms with van der Waals surface area (Å²) in [4.78, 5) is 10.3. The van der Waals surface area contributed by atoms with Gasteiger partial charge in [-0.15, -0.1) is 0 Å². The summed E-state index contributed by atoms with van der Waals surface area (Å²) in [5, 5.41) is 26.4.